The summed E-state index contributed by atoms with van der Waals surface area (Å²) < 4.78 is 20.5. The summed E-state index contributed by atoms with van der Waals surface area (Å²) in [5.41, 5.74) is 7.17. The second-order valence-electron chi connectivity index (χ2n) is 11.1. The third kappa shape index (κ3) is 6.30. The fourth-order valence-corrected chi connectivity index (χ4v) is 5.18. The van der Waals surface area contributed by atoms with Crippen molar-refractivity contribution in [3.63, 3.8) is 0 Å². The Hall–Kier alpha value is -5.09. The molecule has 9 nitrogen and oxygen atoms in total. The van der Waals surface area contributed by atoms with Crippen molar-refractivity contribution in [1.29, 1.82) is 0 Å². The average molecular weight is 592 g/mol. The zero-order valence-corrected chi connectivity index (χ0v) is 24.9. The lowest BCUT2D eigenvalue weighted by atomic mass is 10.0. The van der Waals surface area contributed by atoms with Gasteiger partial charge in [0, 0.05) is 53.3 Å². The minimum atomic E-state index is -0.375. The molecule has 1 amide bonds. The molecule has 0 saturated heterocycles. The maximum absolute atomic E-state index is 14.7. The summed E-state index contributed by atoms with van der Waals surface area (Å²) in [4.78, 5) is 26.5. The Morgan fingerprint density at radius 3 is 2.64 bits per heavy atom. The van der Waals surface area contributed by atoms with E-state index in [0.717, 1.165) is 69.3 Å². The normalized spacial score (nSPS) is 11.5. The van der Waals surface area contributed by atoms with Crippen LogP contribution in [0.2, 0.25) is 0 Å². The summed E-state index contributed by atoms with van der Waals surface area (Å²) in [7, 11) is 3.93. The topological polar surface area (TPSA) is 112 Å². The molecule has 0 fully saturated rings. The van der Waals surface area contributed by atoms with Crippen LogP contribution in [0.1, 0.15) is 26.2 Å². The standard InChI is InChI=1S/C34H34FN7O2/c1-4-5-6-33(43)38-25-12-23(17-36-18-25)21-7-8-30-28(14-21)34(41-40-30)31-16-27-29(19-37-20-32(27)39-31)22-11-24(35)15-26(13-22)44-10-9-42(2)3/h7-8,11-20,39H,4-6,9-10H2,1-3H3,(H,38,43)(H,40,41). The smallest absolute Gasteiger partial charge is 0.224 e. The van der Waals surface area contributed by atoms with Crippen LogP contribution in [0, 0.1) is 5.82 Å². The minimum absolute atomic E-state index is 0.0163. The number of amides is 1. The Labute approximate surface area is 254 Å². The molecule has 4 heterocycles. The summed E-state index contributed by atoms with van der Waals surface area (Å²) in [5, 5.41) is 12.5. The number of fused-ring (bicyclic) bond motifs is 2. The van der Waals surface area contributed by atoms with E-state index in [0.29, 0.717) is 30.0 Å². The number of H-pyrrole nitrogens is 2. The fraction of sp³-hybridized carbons (Fsp3) is 0.235. The molecule has 10 heteroatoms. The highest BCUT2D eigenvalue weighted by Crippen LogP contribution is 2.36. The van der Waals surface area contributed by atoms with Gasteiger partial charge in [-0.05, 0) is 68.0 Å². The number of benzene rings is 2. The van der Waals surface area contributed by atoms with Crippen molar-refractivity contribution in [3.05, 3.63) is 79.1 Å². The minimum Gasteiger partial charge on any atom is -0.492 e. The number of halogens is 1. The number of likely N-dealkylation sites (N-methyl/N-ethyl adjacent to an activating group) is 1. The molecular weight excluding hydrogens is 557 g/mol. The second kappa shape index (κ2) is 12.6. The highest BCUT2D eigenvalue weighted by Gasteiger charge is 2.16. The molecule has 6 aromatic rings. The van der Waals surface area contributed by atoms with E-state index in [1.807, 2.05) is 49.3 Å². The van der Waals surface area contributed by atoms with Crippen LogP contribution >= 0.6 is 0 Å². The number of hydrogen-bond acceptors (Lipinski definition) is 6. The van der Waals surface area contributed by atoms with E-state index in [2.05, 4.69) is 43.5 Å². The highest BCUT2D eigenvalue weighted by atomic mass is 19.1. The van der Waals surface area contributed by atoms with Crippen LogP contribution in [0.15, 0.2) is 73.3 Å². The quantitative estimate of drug-likeness (QED) is 0.149. The van der Waals surface area contributed by atoms with Crippen molar-refractivity contribution in [2.75, 3.05) is 32.6 Å². The first kappa shape index (κ1) is 29.0. The lowest BCUT2D eigenvalue weighted by molar-refractivity contribution is -0.116. The molecule has 0 unspecified atom stereocenters. The van der Waals surface area contributed by atoms with Crippen LogP contribution < -0.4 is 10.1 Å². The second-order valence-corrected chi connectivity index (χ2v) is 11.1. The molecule has 0 spiro atoms. The van der Waals surface area contributed by atoms with Gasteiger partial charge in [-0.2, -0.15) is 5.10 Å². The lowest BCUT2D eigenvalue weighted by Gasteiger charge is -2.12. The number of ether oxygens (including phenoxy) is 1. The van der Waals surface area contributed by atoms with Gasteiger partial charge in [0.25, 0.3) is 0 Å². The molecule has 3 N–H and O–H groups in total. The maximum atomic E-state index is 14.7. The van der Waals surface area contributed by atoms with Crippen LogP contribution in [-0.4, -0.2) is 63.2 Å². The van der Waals surface area contributed by atoms with Crippen LogP contribution in [-0.2, 0) is 4.79 Å². The zero-order valence-electron chi connectivity index (χ0n) is 24.9. The number of aromatic nitrogens is 5. The Kier molecular flexibility index (Phi) is 8.33. The van der Waals surface area contributed by atoms with Gasteiger partial charge >= 0.3 is 0 Å². The number of aromatic amines is 2. The Morgan fingerprint density at radius 2 is 1.80 bits per heavy atom. The molecule has 44 heavy (non-hydrogen) atoms. The molecule has 0 aliphatic carbocycles. The predicted molar refractivity (Wildman–Crippen MR) is 172 cm³/mol. The summed E-state index contributed by atoms with van der Waals surface area (Å²) in [6, 6.07) is 14.7. The molecule has 6 rings (SSSR count). The first-order valence-corrected chi connectivity index (χ1v) is 14.7. The van der Waals surface area contributed by atoms with Crippen molar-refractivity contribution < 1.29 is 13.9 Å². The summed E-state index contributed by atoms with van der Waals surface area (Å²) in [6.07, 6.45) is 9.22. The van der Waals surface area contributed by atoms with Gasteiger partial charge in [0.1, 0.15) is 23.9 Å². The van der Waals surface area contributed by atoms with Gasteiger partial charge in [-0.3, -0.25) is 19.9 Å². The molecule has 0 aliphatic rings. The van der Waals surface area contributed by atoms with E-state index in [1.54, 1.807) is 24.8 Å². The monoisotopic (exact) mass is 591 g/mol. The lowest BCUT2D eigenvalue weighted by Crippen LogP contribution is -2.19. The molecule has 0 radical (unpaired) electrons. The third-order valence-corrected chi connectivity index (χ3v) is 7.47. The number of anilines is 1. The Balaban J connectivity index is 1.33. The number of nitrogens with zero attached hydrogens (tertiary/aromatic N) is 4. The SMILES string of the molecule is CCCCC(=O)Nc1cncc(-c2ccc3[nH]nc(-c4cc5c(-c6cc(F)cc(OCCN(C)C)c6)cncc5[nH]4)c3c2)c1. The number of rotatable bonds is 11. The van der Waals surface area contributed by atoms with Crippen molar-refractivity contribution in [2.45, 2.75) is 26.2 Å². The largest absolute Gasteiger partial charge is 0.492 e. The number of carbonyl (C=O) groups excluding carboxylic acids is 1. The summed E-state index contributed by atoms with van der Waals surface area (Å²) in [6.45, 7) is 3.24. The van der Waals surface area contributed by atoms with Gasteiger partial charge in [-0.25, -0.2) is 4.39 Å². The maximum Gasteiger partial charge on any atom is 0.224 e. The van der Waals surface area contributed by atoms with Gasteiger partial charge in [0.05, 0.1) is 34.8 Å². The molecule has 224 valence electrons. The number of unbranched alkanes of at least 4 members (excludes halogenated alkanes) is 1. The Bertz CT molecular complexity index is 1950. The first-order chi connectivity index (χ1) is 21.4. The number of nitrogens with one attached hydrogen (secondary N) is 3. The average Bonchev–Trinajstić information content (AvgIpc) is 3.63. The molecule has 0 atom stereocenters. The van der Waals surface area contributed by atoms with Crippen molar-refractivity contribution in [3.8, 4) is 39.4 Å². The number of pyridine rings is 2. The van der Waals surface area contributed by atoms with Crippen LogP contribution in [0.25, 0.3) is 55.4 Å². The van der Waals surface area contributed by atoms with E-state index in [4.69, 9.17) is 4.74 Å². The van der Waals surface area contributed by atoms with Gasteiger partial charge in [0.2, 0.25) is 5.91 Å². The summed E-state index contributed by atoms with van der Waals surface area (Å²) in [5.74, 6) is 0.0805. The molecule has 0 bridgehead atoms. The van der Waals surface area contributed by atoms with E-state index in [1.165, 1.54) is 12.1 Å². The van der Waals surface area contributed by atoms with Crippen molar-refractivity contribution in [1.82, 2.24) is 30.0 Å². The van der Waals surface area contributed by atoms with Gasteiger partial charge in [-0.1, -0.05) is 19.4 Å². The van der Waals surface area contributed by atoms with E-state index in [-0.39, 0.29) is 11.7 Å². The van der Waals surface area contributed by atoms with E-state index < -0.39 is 0 Å². The molecule has 4 aromatic heterocycles. The molecule has 0 saturated carbocycles. The number of carbonyl (C=O) groups is 1. The third-order valence-electron chi connectivity index (χ3n) is 7.47. The predicted octanol–water partition coefficient (Wildman–Crippen LogP) is 7.04. The Morgan fingerprint density at radius 1 is 0.932 bits per heavy atom. The summed E-state index contributed by atoms with van der Waals surface area (Å²) >= 11 is 0. The van der Waals surface area contributed by atoms with Gasteiger partial charge in [0.15, 0.2) is 0 Å². The molecule has 2 aromatic carbocycles. The number of hydrogen-bond donors (Lipinski definition) is 3. The van der Waals surface area contributed by atoms with E-state index in [9.17, 15) is 9.18 Å². The molecular formula is C34H34FN7O2. The van der Waals surface area contributed by atoms with Crippen molar-refractivity contribution in [2.24, 2.45) is 0 Å². The highest BCUT2D eigenvalue weighted by molar-refractivity contribution is 6.01. The zero-order chi connectivity index (χ0) is 30.6. The van der Waals surface area contributed by atoms with Gasteiger partial charge in [-0.15, -0.1) is 0 Å². The first-order valence-electron chi connectivity index (χ1n) is 14.7. The molecule has 0 aliphatic heterocycles. The van der Waals surface area contributed by atoms with Crippen LogP contribution in [0.5, 0.6) is 5.75 Å². The van der Waals surface area contributed by atoms with Crippen LogP contribution in [0.3, 0.4) is 0 Å². The van der Waals surface area contributed by atoms with Gasteiger partial charge < -0.3 is 19.9 Å². The van der Waals surface area contributed by atoms with E-state index >= 15 is 0 Å². The fourth-order valence-electron chi connectivity index (χ4n) is 5.18. The van der Waals surface area contributed by atoms with Crippen molar-refractivity contribution >= 4 is 33.4 Å². The van der Waals surface area contributed by atoms with Crippen LogP contribution in [0.4, 0.5) is 10.1 Å².